The molecule has 2 unspecified atom stereocenters. The molecule has 31 heavy (non-hydrogen) atoms. The first kappa shape index (κ1) is 27.9. The summed E-state index contributed by atoms with van der Waals surface area (Å²) in [5.41, 5.74) is 4.93. The maximum atomic E-state index is 10.9. The Hall–Kier alpha value is 0.674. The van der Waals surface area contributed by atoms with Crippen LogP contribution in [-0.2, 0) is 14.3 Å². The molecule has 0 saturated heterocycles. The number of rotatable bonds is 4. The SMILES string of the molecule is C=C1/C(=C\C=C2/CCC[C@@]3(C)C2CCC3C(C)(C)/C=C/C=O)C[C@@H](C)C[C@@H]1C.[I][V][I]. The Morgan fingerprint density at radius 2 is 1.87 bits per heavy atom. The Labute approximate surface area is 220 Å². The predicted molar refractivity (Wildman–Crippen MR) is 148 cm³/mol. The van der Waals surface area contributed by atoms with E-state index in [4.69, 9.17) is 0 Å². The van der Waals surface area contributed by atoms with Crippen molar-refractivity contribution < 1.29 is 14.3 Å². The molecule has 0 aromatic rings. The van der Waals surface area contributed by atoms with Gasteiger partial charge in [-0.25, -0.2) is 0 Å². The van der Waals surface area contributed by atoms with Gasteiger partial charge in [0.15, 0.2) is 0 Å². The molecule has 3 aliphatic carbocycles. The summed E-state index contributed by atoms with van der Waals surface area (Å²) in [5.74, 6) is 2.72. The monoisotopic (exact) mass is 685 g/mol. The molecule has 0 amide bonds. The molecule has 0 bridgehead atoms. The first-order valence-corrected chi connectivity index (χ1v) is 20.8. The van der Waals surface area contributed by atoms with Gasteiger partial charge in [-0.15, -0.1) is 0 Å². The summed E-state index contributed by atoms with van der Waals surface area (Å²) in [6, 6.07) is 0. The quantitative estimate of drug-likeness (QED) is 0.164. The number of carbonyl (C=O) groups excluding carboxylic acids is 1. The van der Waals surface area contributed by atoms with E-state index in [1.165, 1.54) is 56.1 Å². The second-order valence-corrected chi connectivity index (χ2v) is 22.6. The van der Waals surface area contributed by atoms with Gasteiger partial charge in [0.25, 0.3) is 0 Å². The fourth-order valence-corrected chi connectivity index (χ4v) is 6.90. The minimum atomic E-state index is 0.0772. The van der Waals surface area contributed by atoms with Crippen LogP contribution in [0.3, 0.4) is 0 Å². The Morgan fingerprint density at radius 1 is 1.19 bits per heavy atom. The van der Waals surface area contributed by atoms with Gasteiger partial charge in [0.2, 0.25) is 0 Å². The topological polar surface area (TPSA) is 17.1 Å². The van der Waals surface area contributed by atoms with Gasteiger partial charge in [0, 0.05) is 0 Å². The molecule has 0 aromatic heterocycles. The first-order valence-electron chi connectivity index (χ1n) is 11.7. The van der Waals surface area contributed by atoms with Crippen molar-refractivity contribution in [1.29, 1.82) is 0 Å². The number of halogens is 2. The van der Waals surface area contributed by atoms with E-state index < -0.39 is 0 Å². The van der Waals surface area contributed by atoms with E-state index in [1.54, 1.807) is 11.6 Å². The number of allylic oxidation sites excluding steroid dienone is 7. The van der Waals surface area contributed by atoms with Crippen LogP contribution >= 0.6 is 40.0 Å². The molecule has 0 radical (unpaired) electrons. The third-order valence-corrected chi connectivity index (χ3v) is 8.30. The minimum absolute atomic E-state index is 0.0772. The number of carbonyl (C=O) groups is 1. The van der Waals surface area contributed by atoms with Crippen molar-refractivity contribution in [1.82, 2.24) is 0 Å². The van der Waals surface area contributed by atoms with Crippen molar-refractivity contribution in [2.75, 3.05) is 0 Å². The molecule has 5 atom stereocenters. The third kappa shape index (κ3) is 6.85. The summed E-state index contributed by atoms with van der Waals surface area (Å²) in [6.07, 6.45) is 18.5. The van der Waals surface area contributed by atoms with Crippen LogP contribution in [0.25, 0.3) is 0 Å². The number of fused-ring (bicyclic) bond motifs is 1. The van der Waals surface area contributed by atoms with E-state index in [-0.39, 0.29) is 5.41 Å². The maximum absolute atomic E-state index is 10.9. The van der Waals surface area contributed by atoms with E-state index in [0.717, 1.165) is 12.2 Å². The second-order valence-electron chi connectivity index (χ2n) is 10.8. The van der Waals surface area contributed by atoms with Crippen LogP contribution in [0.2, 0.25) is 0 Å². The zero-order chi connectivity index (χ0) is 23.2. The summed E-state index contributed by atoms with van der Waals surface area (Å²) < 4.78 is 0. The standard InChI is InChI=1S/C27H40O.2HI.V/c1-19-17-20(2)21(3)23(18-19)11-10-22-9-7-15-27(6)24(22)12-13-25(27)26(4,5)14-8-16-28;;;/h8,10-11,14,16,19-20,24-25H,3,7,9,12-13,15,17-18H2,1-2,4-6H3;2*1H;/q;;;+2/p-2/b14-8+,22-10+,23-11-;;;/t19-,20-,24?,25?,27-;;;/m0.../s1. The Morgan fingerprint density at radius 3 is 2.52 bits per heavy atom. The molecule has 3 fully saturated rings. The van der Waals surface area contributed by atoms with E-state index in [2.05, 4.69) is 99.4 Å². The average molecular weight is 685 g/mol. The number of hydrogen-bond donors (Lipinski definition) is 0. The molecule has 4 heteroatoms. The van der Waals surface area contributed by atoms with Gasteiger partial charge in [0.1, 0.15) is 6.29 Å². The van der Waals surface area contributed by atoms with Gasteiger partial charge in [-0.3, -0.25) is 4.79 Å². The van der Waals surface area contributed by atoms with Crippen LogP contribution < -0.4 is 0 Å². The molecule has 3 saturated carbocycles. The molecule has 0 spiro atoms. The van der Waals surface area contributed by atoms with Gasteiger partial charge in [-0.2, -0.15) is 0 Å². The molecule has 3 rings (SSSR count). The molecule has 0 aromatic carbocycles. The molecule has 1 nitrogen and oxygen atoms in total. The van der Waals surface area contributed by atoms with Gasteiger partial charge < -0.3 is 0 Å². The van der Waals surface area contributed by atoms with Gasteiger partial charge in [-0.1, -0.05) is 65.0 Å². The Kier molecular flexibility index (Phi) is 11.2. The van der Waals surface area contributed by atoms with Crippen LogP contribution in [-0.4, -0.2) is 6.29 Å². The van der Waals surface area contributed by atoms with E-state index >= 15 is 0 Å². The predicted octanol–water partition coefficient (Wildman–Crippen LogP) is 9.23. The third-order valence-electron chi connectivity index (χ3n) is 8.30. The van der Waals surface area contributed by atoms with Crippen molar-refractivity contribution in [2.45, 2.75) is 79.6 Å². The van der Waals surface area contributed by atoms with Gasteiger partial charge >= 0.3 is 49.4 Å². The molecular formula is C27H40I2OV. The van der Waals surface area contributed by atoms with Crippen LogP contribution in [0.5, 0.6) is 0 Å². The first-order chi connectivity index (χ1) is 14.6. The van der Waals surface area contributed by atoms with Crippen LogP contribution in [0.15, 0.2) is 47.6 Å². The average Bonchev–Trinajstić information content (AvgIpc) is 3.07. The summed E-state index contributed by atoms with van der Waals surface area (Å²) in [4.78, 5) is 10.9. The molecular weight excluding hydrogens is 645 g/mol. The van der Waals surface area contributed by atoms with Crippen molar-refractivity contribution >= 4 is 46.2 Å². The summed E-state index contributed by atoms with van der Waals surface area (Å²) in [7, 11) is 0.628. The van der Waals surface area contributed by atoms with E-state index in [1.807, 2.05) is 0 Å². The van der Waals surface area contributed by atoms with Crippen molar-refractivity contribution in [3.05, 3.63) is 47.6 Å². The van der Waals surface area contributed by atoms with Crippen LogP contribution in [0.4, 0.5) is 0 Å². The summed E-state index contributed by atoms with van der Waals surface area (Å²) in [5, 5.41) is 0. The second kappa shape index (κ2) is 12.4. The van der Waals surface area contributed by atoms with E-state index in [0.29, 0.717) is 32.6 Å². The van der Waals surface area contributed by atoms with Crippen LogP contribution in [0, 0.1) is 34.5 Å². The number of aldehydes is 1. The van der Waals surface area contributed by atoms with E-state index in [9.17, 15) is 4.79 Å². The molecule has 0 N–H and O–H groups in total. The Bertz CT molecular complexity index is 736. The zero-order valence-corrected chi connectivity index (χ0v) is 25.7. The molecule has 0 aliphatic heterocycles. The fraction of sp³-hybridized carbons (Fsp3) is 0.667. The van der Waals surface area contributed by atoms with Gasteiger partial charge in [-0.05, 0) is 96.7 Å². The fourth-order valence-electron chi connectivity index (χ4n) is 6.90. The summed E-state index contributed by atoms with van der Waals surface area (Å²) in [6.45, 7) is 16.3. The zero-order valence-electron chi connectivity index (χ0n) is 20.0. The number of hydrogen-bond acceptors (Lipinski definition) is 1. The van der Waals surface area contributed by atoms with Crippen molar-refractivity contribution in [3.8, 4) is 0 Å². The molecule has 3 aliphatic rings. The summed E-state index contributed by atoms with van der Waals surface area (Å²) >= 11 is 4.74. The van der Waals surface area contributed by atoms with Gasteiger partial charge in [0.05, 0.1) is 0 Å². The van der Waals surface area contributed by atoms with Crippen molar-refractivity contribution in [2.24, 2.45) is 34.5 Å². The van der Waals surface area contributed by atoms with Crippen LogP contribution in [0.1, 0.15) is 79.6 Å². The molecule has 173 valence electrons. The Balaban J connectivity index is 0.00000107. The molecule has 0 heterocycles. The normalized spacial score (nSPS) is 36.3. The van der Waals surface area contributed by atoms with Crippen molar-refractivity contribution in [3.63, 3.8) is 0 Å².